The summed E-state index contributed by atoms with van der Waals surface area (Å²) in [4.78, 5) is 13.5. The summed E-state index contributed by atoms with van der Waals surface area (Å²) in [6.45, 7) is 1.17. The molecule has 212 valence electrons. The summed E-state index contributed by atoms with van der Waals surface area (Å²) < 4.78 is 42.0. The zero-order valence-corrected chi connectivity index (χ0v) is 22.5. The number of nitrogens with zero attached hydrogens (tertiary/aromatic N) is 2. The number of alkyl halides is 3. The first-order valence-electron chi connectivity index (χ1n) is 14.0. The number of para-hydroxylation sites is 1. The van der Waals surface area contributed by atoms with Gasteiger partial charge in [-0.15, -0.1) is 0 Å². The molecule has 2 fully saturated rings. The Labute approximate surface area is 236 Å². The van der Waals surface area contributed by atoms with Gasteiger partial charge in [-0.3, -0.25) is 4.79 Å². The molecule has 6 rings (SSSR count). The maximum Gasteiger partial charge on any atom is 0.435 e. The lowest BCUT2D eigenvalue weighted by Gasteiger charge is -2.15. The van der Waals surface area contributed by atoms with E-state index in [1.54, 1.807) is 24.3 Å². The number of halogens is 3. The fraction of sp³-hybridized carbons (Fsp3) is 0.312. The first-order valence-corrected chi connectivity index (χ1v) is 14.0. The molecule has 3 aromatic carbocycles. The minimum absolute atomic E-state index is 0.207. The molecule has 0 unspecified atom stereocenters. The molecule has 1 heterocycles. The fourth-order valence-electron chi connectivity index (χ4n) is 5.08. The molecule has 41 heavy (non-hydrogen) atoms. The largest absolute Gasteiger partial charge is 0.435 e. The van der Waals surface area contributed by atoms with E-state index in [1.807, 2.05) is 24.3 Å². The number of aromatic nitrogens is 2. The number of amides is 1. The number of carbonyl (C=O) groups excluding carboxylic acids is 1. The van der Waals surface area contributed by atoms with Crippen LogP contribution in [0.4, 0.5) is 24.5 Å². The molecule has 4 N–H and O–H groups in total. The zero-order valence-electron chi connectivity index (χ0n) is 22.5. The highest BCUT2D eigenvalue weighted by Gasteiger charge is 2.36. The van der Waals surface area contributed by atoms with Gasteiger partial charge in [-0.05, 0) is 96.5 Å². The normalized spacial score (nSPS) is 15.1. The Hall–Kier alpha value is -4.11. The van der Waals surface area contributed by atoms with E-state index < -0.39 is 17.8 Å². The molecule has 0 saturated heterocycles. The lowest BCUT2D eigenvalue weighted by Crippen LogP contribution is -2.17. The summed E-state index contributed by atoms with van der Waals surface area (Å²) in [5.41, 5.74) is 10.4. The van der Waals surface area contributed by atoms with Gasteiger partial charge in [0.2, 0.25) is 0 Å². The van der Waals surface area contributed by atoms with Gasteiger partial charge in [-0.1, -0.05) is 36.4 Å². The van der Waals surface area contributed by atoms with Crippen molar-refractivity contribution in [1.82, 2.24) is 9.78 Å². The van der Waals surface area contributed by atoms with E-state index in [0.717, 1.165) is 58.4 Å². The summed E-state index contributed by atoms with van der Waals surface area (Å²) >= 11 is 0. The van der Waals surface area contributed by atoms with Gasteiger partial charge < -0.3 is 16.4 Å². The minimum Gasteiger partial charge on any atom is -0.385 e. The van der Waals surface area contributed by atoms with Crippen molar-refractivity contribution < 1.29 is 18.0 Å². The predicted octanol–water partition coefficient (Wildman–Crippen LogP) is 6.89. The second-order valence-electron chi connectivity index (χ2n) is 11.0. The Kier molecular flexibility index (Phi) is 7.30. The Balaban J connectivity index is 1.30. The van der Waals surface area contributed by atoms with Crippen LogP contribution < -0.4 is 16.4 Å². The lowest BCUT2D eigenvalue weighted by atomic mass is 9.98. The highest BCUT2D eigenvalue weighted by atomic mass is 19.4. The van der Waals surface area contributed by atoms with Crippen LogP contribution in [-0.2, 0) is 19.1 Å². The van der Waals surface area contributed by atoms with E-state index in [9.17, 15) is 18.0 Å². The lowest BCUT2D eigenvalue weighted by molar-refractivity contribution is -0.141. The van der Waals surface area contributed by atoms with Crippen molar-refractivity contribution in [2.45, 2.75) is 50.7 Å². The maximum absolute atomic E-state index is 13.6. The second kappa shape index (κ2) is 11.0. The molecule has 1 aromatic heterocycles. The van der Waals surface area contributed by atoms with E-state index in [-0.39, 0.29) is 12.2 Å². The summed E-state index contributed by atoms with van der Waals surface area (Å²) in [6, 6.07) is 21.7. The van der Waals surface area contributed by atoms with Crippen molar-refractivity contribution in [3.63, 3.8) is 0 Å². The Morgan fingerprint density at radius 1 is 0.951 bits per heavy atom. The summed E-state index contributed by atoms with van der Waals surface area (Å²) in [5.74, 6) is 0.499. The molecule has 1 amide bonds. The average Bonchev–Trinajstić information content (AvgIpc) is 3.90. The molecule has 0 radical (unpaired) electrons. The van der Waals surface area contributed by atoms with Crippen LogP contribution in [0.3, 0.4) is 0 Å². The van der Waals surface area contributed by atoms with Crippen LogP contribution in [0.25, 0.3) is 5.69 Å². The predicted molar refractivity (Wildman–Crippen MR) is 153 cm³/mol. The highest BCUT2D eigenvalue weighted by Crippen LogP contribution is 2.42. The maximum atomic E-state index is 13.6. The first kappa shape index (κ1) is 27.1. The molecule has 2 aliphatic carbocycles. The Bertz CT molecular complexity index is 1570. The third kappa shape index (κ3) is 6.46. The molecule has 0 aliphatic heterocycles. The zero-order chi connectivity index (χ0) is 28.6. The van der Waals surface area contributed by atoms with Crippen LogP contribution in [0.5, 0.6) is 0 Å². The Morgan fingerprint density at radius 3 is 2.49 bits per heavy atom. The first-order chi connectivity index (χ1) is 19.8. The molecular formula is C32H32F3N5O. The van der Waals surface area contributed by atoms with Gasteiger partial charge in [0.05, 0.1) is 5.69 Å². The second-order valence-corrected chi connectivity index (χ2v) is 11.0. The molecule has 0 bridgehead atoms. The van der Waals surface area contributed by atoms with E-state index in [4.69, 9.17) is 5.73 Å². The van der Waals surface area contributed by atoms with E-state index in [2.05, 4.69) is 33.9 Å². The number of nitrogens with one attached hydrogen (secondary N) is 2. The third-order valence-corrected chi connectivity index (χ3v) is 7.64. The smallest absolute Gasteiger partial charge is 0.385 e. The fourth-order valence-corrected chi connectivity index (χ4v) is 5.08. The summed E-state index contributed by atoms with van der Waals surface area (Å²) in [5, 5.41) is 10.2. The molecule has 0 atom stereocenters. The van der Waals surface area contributed by atoms with Crippen molar-refractivity contribution >= 4 is 17.3 Å². The molecule has 2 saturated carbocycles. The number of anilines is 2. The SMILES string of the molecule is NCc1cccc(-n2nc(C(F)(F)F)cc2C(=O)Nc2cc(Cc3ccccc3NCC3CC3)cc(C3CC3)c2)c1. The Morgan fingerprint density at radius 2 is 1.76 bits per heavy atom. The van der Waals surface area contributed by atoms with Crippen molar-refractivity contribution in [1.29, 1.82) is 0 Å². The molecule has 6 nitrogen and oxygen atoms in total. The van der Waals surface area contributed by atoms with Crippen molar-refractivity contribution in [3.8, 4) is 5.69 Å². The molecule has 9 heteroatoms. The highest BCUT2D eigenvalue weighted by molar-refractivity contribution is 6.03. The van der Waals surface area contributed by atoms with Gasteiger partial charge in [0, 0.05) is 30.5 Å². The van der Waals surface area contributed by atoms with Gasteiger partial charge in [0.25, 0.3) is 5.91 Å². The summed E-state index contributed by atoms with van der Waals surface area (Å²) in [7, 11) is 0. The molecule has 2 aliphatic rings. The van der Waals surface area contributed by atoms with E-state index in [0.29, 0.717) is 29.3 Å². The molecule has 4 aromatic rings. The third-order valence-electron chi connectivity index (χ3n) is 7.64. The van der Waals surface area contributed by atoms with Crippen LogP contribution in [0, 0.1) is 5.92 Å². The van der Waals surface area contributed by atoms with Gasteiger partial charge >= 0.3 is 6.18 Å². The van der Waals surface area contributed by atoms with Crippen LogP contribution >= 0.6 is 0 Å². The standard InChI is InChI=1S/C32H32F3N5O/c33-32(34,35)30-17-29(40(39-30)27-6-3-4-21(15-27)18-36)31(41)38-26-14-22(13-25(16-26)23-10-11-23)12-24-5-1-2-7-28(24)37-19-20-8-9-20/h1-7,13-17,20,23,37H,8-12,18-19,36H2,(H,38,41). The quantitative estimate of drug-likeness (QED) is 0.198. The van der Waals surface area contributed by atoms with Gasteiger partial charge in [-0.25, -0.2) is 4.68 Å². The van der Waals surface area contributed by atoms with Crippen LogP contribution in [-0.4, -0.2) is 22.2 Å². The van der Waals surface area contributed by atoms with Crippen LogP contribution in [0.15, 0.2) is 72.8 Å². The van der Waals surface area contributed by atoms with Crippen molar-refractivity contribution in [3.05, 3.63) is 106 Å². The van der Waals surface area contributed by atoms with Crippen molar-refractivity contribution in [2.24, 2.45) is 11.7 Å². The van der Waals surface area contributed by atoms with E-state index in [1.165, 1.54) is 12.8 Å². The van der Waals surface area contributed by atoms with Crippen LogP contribution in [0.1, 0.15) is 70.0 Å². The molecule has 0 spiro atoms. The average molecular weight is 560 g/mol. The van der Waals surface area contributed by atoms with Gasteiger partial charge in [0.15, 0.2) is 5.69 Å². The number of benzene rings is 3. The number of hydrogen-bond donors (Lipinski definition) is 3. The van der Waals surface area contributed by atoms with Crippen LogP contribution in [0.2, 0.25) is 0 Å². The topological polar surface area (TPSA) is 85.0 Å². The number of carbonyl (C=O) groups is 1. The number of hydrogen-bond acceptors (Lipinski definition) is 4. The van der Waals surface area contributed by atoms with Gasteiger partial charge in [-0.2, -0.15) is 18.3 Å². The summed E-state index contributed by atoms with van der Waals surface area (Å²) in [6.07, 6.45) is 0.656. The minimum atomic E-state index is -4.70. The molecular weight excluding hydrogens is 527 g/mol. The monoisotopic (exact) mass is 559 g/mol. The van der Waals surface area contributed by atoms with Gasteiger partial charge in [0.1, 0.15) is 5.69 Å². The van der Waals surface area contributed by atoms with Crippen molar-refractivity contribution in [2.75, 3.05) is 17.2 Å². The van der Waals surface area contributed by atoms with E-state index >= 15 is 0 Å². The number of rotatable bonds is 10. The number of nitrogens with two attached hydrogens (primary N) is 1.